The Bertz CT molecular complexity index is 301. The topological polar surface area (TPSA) is 80.6 Å². The molecule has 0 aliphatic rings. The summed E-state index contributed by atoms with van der Waals surface area (Å²) in [5.41, 5.74) is -2.20. The monoisotopic (exact) mass is 220 g/mol. The number of carbonyl (C=O) groups is 1. The van der Waals surface area contributed by atoms with Crippen molar-refractivity contribution in [3.8, 4) is 0 Å². The number of aliphatic carboxylic acids is 1. The molecule has 0 spiro atoms. The molecule has 0 bridgehead atoms. The zero-order valence-electron chi connectivity index (χ0n) is 7.80. The molecule has 0 aliphatic carbocycles. The SMILES string of the molecule is O=C([O-])C(O)(CO)c1ccccc1.[K+]. The standard InChI is InChI=1S/C9H10O4.K/c10-6-9(13,8(11)12)7-4-2-1-3-5-7;/h1-5,10,13H,6H2,(H,11,12);/q;+1/p-1. The molecular weight excluding hydrogens is 211 g/mol. The maximum absolute atomic E-state index is 10.5. The molecule has 0 heterocycles. The van der Waals surface area contributed by atoms with Crippen molar-refractivity contribution in [2.45, 2.75) is 5.60 Å². The van der Waals surface area contributed by atoms with Crippen LogP contribution >= 0.6 is 0 Å². The Hall–Kier alpha value is 0.246. The molecule has 14 heavy (non-hydrogen) atoms. The maximum Gasteiger partial charge on any atom is 1.00 e. The molecule has 0 fully saturated rings. The molecule has 0 aromatic heterocycles. The summed E-state index contributed by atoms with van der Waals surface area (Å²) in [6.07, 6.45) is 0. The van der Waals surface area contributed by atoms with Crippen molar-refractivity contribution < 1.29 is 71.5 Å². The number of hydrogen-bond donors (Lipinski definition) is 2. The molecule has 70 valence electrons. The van der Waals surface area contributed by atoms with Crippen LogP contribution in [0.15, 0.2) is 30.3 Å². The first-order chi connectivity index (χ1) is 6.11. The van der Waals surface area contributed by atoms with E-state index in [1.807, 2.05) is 0 Å². The summed E-state index contributed by atoms with van der Waals surface area (Å²) in [5, 5.41) is 28.7. The van der Waals surface area contributed by atoms with Crippen LogP contribution in [0.4, 0.5) is 0 Å². The summed E-state index contributed by atoms with van der Waals surface area (Å²) < 4.78 is 0. The van der Waals surface area contributed by atoms with Crippen molar-refractivity contribution in [3.05, 3.63) is 35.9 Å². The Labute approximate surface area is 124 Å². The van der Waals surface area contributed by atoms with Gasteiger partial charge in [-0.3, -0.25) is 0 Å². The van der Waals surface area contributed by atoms with Crippen LogP contribution in [-0.2, 0) is 10.4 Å². The van der Waals surface area contributed by atoms with Gasteiger partial charge in [0.2, 0.25) is 0 Å². The average Bonchev–Trinajstić information content (AvgIpc) is 2.17. The van der Waals surface area contributed by atoms with Crippen molar-refractivity contribution >= 4 is 5.97 Å². The number of rotatable bonds is 3. The number of aliphatic hydroxyl groups excluding tert-OH is 1. The Balaban J connectivity index is 0.00000169. The number of carboxylic acids is 1. The number of carbonyl (C=O) groups excluding carboxylic acids is 1. The Kier molecular flexibility index (Phi) is 6.07. The zero-order chi connectivity index (χ0) is 9.90. The van der Waals surface area contributed by atoms with Crippen molar-refractivity contribution in [2.24, 2.45) is 0 Å². The molecule has 1 atom stereocenters. The second-order valence-electron chi connectivity index (χ2n) is 2.67. The summed E-state index contributed by atoms with van der Waals surface area (Å²) in [6, 6.07) is 7.63. The molecule has 0 saturated carbocycles. The molecule has 1 aromatic rings. The van der Waals surface area contributed by atoms with Crippen LogP contribution < -0.4 is 56.5 Å². The van der Waals surface area contributed by atoms with Crippen LogP contribution in [0.1, 0.15) is 5.56 Å². The first-order valence-corrected chi connectivity index (χ1v) is 3.71. The van der Waals surface area contributed by atoms with E-state index in [-0.39, 0.29) is 56.9 Å². The summed E-state index contributed by atoms with van der Waals surface area (Å²) in [7, 11) is 0. The van der Waals surface area contributed by atoms with E-state index in [2.05, 4.69) is 0 Å². The van der Waals surface area contributed by atoms with E-state index < -0.39 is 18.2 Å². The Morgan fingerprint density at radius 3 is 2.21 bits per heavy atom. The average molecular weight is 220 g/mol. The molecule has 2 N–H and O–H groups in total. The van der Waals surface area contributed by atoms with Gasteiger partial charge in [0, 0.05) is 0 Å². The molecule has 1 rings (SSSR count). The molecule has 0 radical (unpaired) electrons. The first-order valence-electron chi connectivity index (χ1n) is 3.71. The van der Waals surface area contributed by atoms with Gasteiger partial charge >= 0.3 is 51.4 Å². The minimum Gasteiger partial charge on any atom is -0.547 e. The molecule has 1 aromatic carbocycles. The van der Waals surface area contributed by atoms with Crippen LogP contribution in [0.3, 0.4) is 0 Å². The van der Waals surface area contributed by atoms with Crippen molar-refractivity contribution in [2.75, 3.05) is 6.61 Å². The van der Waals surface area contributed by atoms with Crippen LogP contribution in [-0.4, -0.2) is 22.8 Å². The third kappa shape index (κ3) is 2.87. The third-order valence-corrected chi connectivity index (χ3v) is 1.82. The molecule has 0 aliphatic heterocycles. The molecular formula is C9H9KO4. The zero-order valence-corrected chi connectivity index (χ0v) is 10.9. The van der Waals surface area contributed by atoms with Gasteiger partial charge in [0.05, 0.1) is 12.6 Å². The quantitative estimate of drug-likeness (QED) is 0.504. The Morgan fingerprint density at radius 1 is 1.36 bits per heavy atom. The number of aliphatic hydroxyl groups is 2. The minimum absolute atomic E-state index is 0. The van der Waals surface area contributed by atoms with Crippen LogP contribution in [0.25, 0.3) is 0 Å². The fourth-order valence-corrected chi connectivity index (χ4v) is 0.988. The predicted octanol–water partition coefficient (Wildman–Crippen LogP) is -4.38. The van der Waals surface area contributed by atoms with Crippen LogP contribution in [0, 0.1) is 0 Å². The maximum atomic E-state index is 10.5. The minimum atomic E-state index is -2.30. The van der Waals surface area contributed by atoms with E-state index in [4.69, 9.17) is 5.11 Å². The normalized spacial score (nSPS) is 13.9. The third-order valence-electron chi connectivity index (χ3n) is 1.82. The van der Waals surface area contributed by atoms with E-state index in [0.29, 0.717) is 0 Å². The largest absolute Gasteiger partial charge is 1.00 e. The van der Waals surface area contributed by atoms with E-state index in [1.165, 1.54) is 12.1 Å². The number of carboxylic acid groups (broad SMARTS) is 1. The van der Waals surface area contributed by atoms with Crippen molar-refractivity contribution in [1.29, 1.82) is 0 Å². The summed E-state index contributed by atoms with van der Waals surface area (Å²) in [4.78, 5) is 10.5. The van der Waals surface area contributed by atoms with E-state index in [9.17, 15) is 15.0 Å². The molecule has 0 saturated heterocycles. The smallest absolute Gasteiger partial charge is 0.547 e. The van der Waals surface area contributed by atoms with Gasteiger partial charge in [-0.1, -0.05) is 30.3 Å². The molecule has 1 unspecified atom stereocenters. The van der Waals surface area contributed by atoms with Crippen molar-refractivity contribution in [3.63, 3.8) is 0 Å². The van der Waals surface area contributed by atoms with Gasteiger partial charge in [0.1, 0.15) is 0 Å². The summed E-state index contributed by atoms with van der Waals surface area (Å²) >= 11 is 0. The van der Waals surface area contributed by atoms with Gasteiger partial charge in [-0.25, -0.2) is 0 Å². The van der Waals surface area contributed by atoms with E-state index in [0.717, 1.165) is 0 Å². The fourth-order valence-electron chi connectivity index (χ4n) is 0.988. The van der Waals surface area contributed by atoms with Crippen LogP contribution in [0.5, 0.6) is 0 Å². The second-order valence-corrected chi connectivity index (χ2v) is 2.67. The van der Waals surface area contributed by atoms with Crippen molar-refractivity contribution in [1.82, 2.24) is 0 Å². The van der Waals surface area contributed by atoms with Crippen LogP contribution in [0.2, 0.25) is 0 Å². The van der Waals surface area contributed by atoms with Gasteiger partial charge < -0.3 is 20.1 Å². The summed E-state index contributed by atoms with van der Waals surface area (Å²) in [5.74, 6) is -1.71. The second kappa shape index (κ2) is 5.97. The van der Waals surface area contributed by atoms with E-state index in [1.54, 1.807) is 18.2 Å². The van der Waals surface area contributed by atoms with Gasteiger partial charge in [0.25, 0.3) is 0 Å². The first kappa shape index (κ1) is 14.2. The van der Waals surface area contributed by atoms with Gasteiger partial charge in [-0.15, -0.1) is 0 Å². The Morgan fingerprint density at radius 2 is 1.86 bits per heavy atom. The number of benzene rings is 1. The van der Waals surface area contributed by atoms with Gasteiger partial charge in [-0.2, -0.15) is 0 Å². The molecule has 0 amide bonds. The molecule has 5 heteroatoms. The fraction of sp³-hybridized carbons (Fsp3) is 0.222. The number of hydrogen-bond acceptors (Lipinski definition) is 4. The molecule has 4 nitrogen and oxygen atoms in total. The van der Waals surface area contributed by atoms with Gasteiger partial charge in [-0.05, 0) is 5.56 Å². The predicted molar refractivity (Wildman–Crippen MR) is 42.4 cm³/mol. The summed E-state index contributed by atoms with van der Waals surface area (Å²) in [6.45, 7) is -0.903. The van der Waals surface area contributed by atoms with E-state index >= 15 is 0 Å². The van der Waals surface area contributed by atoms with Gasteiger partial charge in [0.15, 0.2) is 5.60 Å².